The van der Waals surface area contributed by atoms with Crippen molar-refractivity contribution < 1.29 is 9.90 Å². The molecule has 1 fully saturated rings. The third-order valence-corrected chi connectivity index (χ3v) is 3.80. The fourth-order valence-electron chi connectivity index (χ4n) is 2.68. The van der Waals surface area contributed by atoms with E-state index in [0.29, 0.717) is 17.7 Å². The van der Waals surface area contributed by atoms with E-state index in [4.69, 9.17) is 5.11 Å². The maximum Gasteiger partial charge on any atom is 0.337 e. The molecule has 18 heavy (non-hydrogen) atoms. The highest BCUT2D eigenvalue weighted by molar-refractivity contribution is 5.89. The van der Waals surface area contributed by atoms with Gasteiger partial charge in [0, 0.05) is 6.04 Å². The normalized spacial score (nSPS) is 17.7. The van der Waals surface area contributed by atoms with E-state index in [1.54, 1.807) is 19.1 Å². The van der Waals surface area contributed by atoms with E-state index in [1.165, 1.54) is 25.7 Å². The van der Waals surface area contributed by atoms with Crippen LogP contribution in [0.15, 0.2) is 12.1 Å². The van der Waals surface area contributed by atoms with E-state index >= 15 is 0 Å². The van der Waals surface area contributed by atoms with E-state index in [9.17, 15) is 4.79 Å². The molecule has 1 atom stereocenters. The van der Waals surface area contributed by atoms with Crippen LogP contribution < -0.4 is 5.32 Å². The topological polar surface area (TPSA) is 62.2 Å². The molecule has 1 heterocycles. The summed E-state index contributed by atoms with van der Waals surface area (Å²) in [6, 6.07) is 3.77. The molecule has 1 saturated carbocycles. The smallest absolute Gasteiger partial charge is 0.337 e. The highest BCUT2D eigenvalue weighted by Crippen LogP contribution is 2.29. The Morgan fingerprint density at radius 3 is 2.67 bits per heavy atom. The van der Waals surface area contributed by atoms with Crippen LogP contribution in [0.1, 0.15) is 48.7 Å². The van der Waals surface area contributed by atoms with Gasteiger partial charge in [0.25, 0.3) is 0 Å². The molecule has 98 valence electrons. The molecule has 1 aromatic heterocycles. The van der Waals surface area contributed by atoms with Crippen LogP contribution in [0.2, 0.25) is 0 Å². The van der Waals surface area contributed by atoms with Crippen LogP contribution in [0.5, 0.6) is 0 Å². The molecule has 2 rings (SSSR count). The van der Waals surface area contributed by atoms with Crippen LogP contribution in [0, 0.1) is 12.8 Å². The minimum atomic E-state index is -0.921. The van der Waals surface area contributed by atoms with Crippen LogP contribution in [-0.4, -0.2) is 22.1 Å². The summed E-state index contributed by atoms with van der Waals surface area (Å²) in [7, 11) is 0. The van der Waals surface area contributed by atoms with Crippen molar-refractivity contribution in [1.82, 2.24) is 4.98 Å². The summed E-state index contributed by atoms with van der Waals surface area (Å²) >= 11 is 0. The van der Waals surface area contributed by atoms with Crippen LogP contribution in [0.3, 0.4) is 0 Å². The summed E-state index contributed by atoms with van der Waals surface area (Å²) in [5.74, 6) is 0.568. The molecule has 0 radical (unpaired) electrons. The first-order valence-corrected chi connectivity index (χ1v) is 6.55. The second-order valence-electron chi connectivity index (χ2n) is 5.11. The summed E-state index contributed by atoms with van der Waals surface area (Å²) in [4.78, 5) is 15.2. The third-order valence-electron chi connectivity index (χ3n) is 3.80. The Kier molecular flexibility index (Phi) is 3.84. The van der Waals surface area contributed by atoms with Crippen LogP contribution in [0.4, 0.5) is 5.82 Å². The van der Waals surface area contributed by atoms with Gasteiger partial charge in [-0.3, -0.25) is 0 Å². The first kappa shape index (κ1) is 12.9. The molecule has 0 saturated heterocycles. The van der Waals surface area contributed by atoms with E-state index in [0.717, 1.165) is 5.82 Å². The van der Waals surface area contributed by atoms with Gasteiger partial charge in [-0.1, -0.05) is 12.8 Å². The van der Waals surface area contributed by atoms with Gasteiger partial charge in [-0.15, -0.1) is 0 Å². The number of anilines is 1. The molecule has 1 aliphatic carbocycles. The second kappa shape index (κ2) is 5.38. The molecule has 0 aromatic carbocycles. The fourth-order valence-corrected chi connectivity index (χ4v) is 2.68. The Labute approximate surface area is 107 Å². The lowest BCUT2D eigenvalue weighted by Gasteiger charge is -2.21. The van der Waals surface area contributed by atoms with Crippen molar-refractivity contribution in [3.8, 4) is 0 Å². The lowest BCUT2D eigenvalue weighted by molar-refractivity contribution is 0.0695. The zero-order valence-corrected chi connectivity index (χ0v) is 10.9. The van der Waals surface area contributed by atoms with Gasteiger partial charge in [0.15, 0.2) is 0 Å². The molecule has 1 aliphatic rings. The maximum atomic E-state index is 10.9. The molecular formula is C14H20N2O2. The van der Waals surface area contributed by atoms with E-state index in [-0.39, 0.29) is 5.56 Å². The molecule has 4 nitrogen and oxygen atoms in total. The van der Waals surface area contributed by atoms with E-state index < -0.39 is 5.97 Å². The molecule has 0 spiro atoms. The number of carboxylic acid groups (broad SMARTS) is 1. The van der Waals surface area contributed by atoms with Crippen molar-refractivity contribution in [3.63, 3.8) is 0 Å². The number of aryl methyl sites for hydroxylation is 1. The highest BCUT2D eigenvalue weighted by Gasteiger charge is 2.21. The number of hydrogen-bond acceptors (Lipinski definition) is 3. The van der Waals surface area contributed by atoms with Gasteiger partial charge in [-0.2, -0.15) is 0 Å². The average molecular weight is 248 g/mol. The standard InChI is InChI=1S/C14H20N2O2/c1-9(11-5-3-4-6-11)15-13-8-7-12(14(17)18)10(2)16-13/h7-9,11H,3-6H2,1-2H3,(H,15,16)(H,17,18). The van der Waals surface area contributed by atoms with Crippen molar-refractivity contribution >= 4 is 11.8 Å². The Hall–Kier alpha value is -1.58. The van der Waals surface area contributed by atoms with Crippen LogP contribution >= 0.6 is 0 Å². The first-order chi connectivity index (χ1) is 8.58. The molecule has 2 N–H and O–H groups in total. The number of aromatic carboxylic acids is 1. The maximum absolute atomic E-state index is 10.9. The van der Waals surface area contributed by atoms with Crippen molar-refractivity contribution in [2.24, 2.45) is 5.92 Å². The van der Waals surface area contributed by atoms with Crippen LogP contribution in [0.25, 0.3) is 0 Å². The monoisotopic (exact) mass is 248 g/mol. The number of nitrogens with zero attached hydrogens (tertiary/aromatic N) is 1. The number of hydrogen-bond donors (Lipinski definition) is 2. The Balaban J connectivity index is 2.05. The lowest BCUT2D eigenvalue weighted by atomic mass is 10.00. The average Bonchev–Trinajstić information content (AvgIpc) is 2.81. The molecule has 1 unspecified atom stereocenters. The van der Waals surface area contributed by atoms with Gasteiger partial charge in [-0.05, 0) is 44.7 Å². The van der Waals surface area contributed by atoms with Gasteiger partial charge in [0.2, 0.25) is 0 Å². The van der Waals surface area contributed by atoms with Gasteiger partial charge >= 0.3 is 5.97 Å². The largest absolute Gasteiger partial charge is 0.478 e. The minimum absolute atomic E-state index is 0.272. The third kappa shape index (κ3) is 2.81. The summed E-state index contributed by atoms with van der Waals surface area (Å²) in [6.07, 6.45) is 5.20. The van der Waals surface area contributed by atoms with Gasteiger partial charge in [-0.25, -0.2) is 9.78 Å². The number of pyridine rings is 1. The Bertz CT molecular complexity index is 439. The molecule has 4 heteroatoms. The predicted octanol–water partition coefficient (Wildman–Crippen LogP) is 3.08. The van der Waals surface area contributed by atoms with E-state index in [2.05, 4.69) is 17.2 Å². The SMILES string of the molecule is Cc1nc(NC(C)C2CCCC2)ccc1C(=O)O. The summed E-state index contributed by atoms with van der Waals surface area (Å²) in [5.41, 5.74) is 0.834. The van der Waals surface area contributed by atoms with Crippen LogP contribution in [-0.2, 0) is 0 Å². The van der Waals surface area contributed by atoms with Crippen molar-refractivity contribution in [1.29, 1.82) is 0 Å². The van der Waals surface area contributed by atoms with E-state index in [1.807, 2.05) is 0 Å². The lowest BCUT2D eigenvalue weighted by Crippen LogP contribution is -2.24. The van der Waals surface area contributed by atoms with Crippen molar-refractivity contribution in [2.45, 2.75) is 45.6 Å². The molecular weight excluding hydrogens is 228 g/mol. The minimum Gasteiger partial charge on any atom is -0.478 e. The molecule has 0 amide bonds. The number of nitrogens with one attached hydrogen (secondary N) is 1. The fraction of sp³-hybridized carbons (Fsp3) is 0.571. The number of rotatable bonds is 4. The molecule has 0 bridgehead atoms. The first-order valence-electron chi connectivity index (χ1n) is 6.55. The zero-order chi connectivity index (χ0) is 13.1. The Morgan fingerprint density at radius 1 is 1.44 bits per heavy atom. The Morgan fingerprint density at radius 2 is 2.11 bits per heavy atom. The second-order valence-corrected chi connectivity index (χ2v) is 5.11. The van der Waals surface area contributed by atoms with Crippen molar-refractivity contribution in [2.75, 3.05) is 5.32 Å². The quantitative estimate of drug-likeness (QED) is 0.859. The number of aromatic nitrogens is 1. The summed E-state index contributed by atoms with van der Waals surface area (Å²) < 4.78 is 0. The number of carbonyl (C=O) groups is 1. The molecule has 1 aromatic rings. The highest BCUT2D eigenvalue weighted by atomic mass is 16.4. The summed E-state index contributed by atoms with van der Waals surface area (Å²) in [6.45, 7) is 3.91. The van der Waals surface area contributed by atoms with Crippen molar-refractivity contribution in [3.05, 3.63) is 23.4 Å². The zero-order valence-electron chi connectivity index (χ0n) is 10.9. The van der Waals surface area contributed by atoms with Gasteiger partial charge < -0.3 is 10.4 Å². The van der Waals surface area contributed by atoms with Gasteiger partial charge in [0.1, 0.15) is 5.82 Å². The predicted molar refractivity (Wildman–Crippen MR) is 71.0 cm³/mol. The molecule has 0 aliphatic heterocycles. The summed E-state index contributed by atoms with van der Waals surface area (Å²) in [5, 5.41) is 12.3. The van der Waals surface area contributed by atoms with Gasteiger partial charge in [0.05, 0.1) is 11.3 Å². The number of carboxylic acids is 1.